The minimum absolute atomic E-state index is 0.00654. The molecule has 0 aliphatic carbocycles. The first-order chi connectivity index (χ1) is 14.0. The van der Waals surface area contributed by atoms with Gasteiger partial charge < -0.3 is 10.1 Å². The first kappa shape index (κ1) is 17.9. The van der Waals surface area contributed by atoms with E-state index in [9.17, 15) is 4.79 Å². The van der Waals surface area contributed by atoms with Crippen LogP contribution < -0.4 is 10.1 Å². The molecule has 1 aliphatic heterocycles. The van der Waals surface area contributed by atoms with Gasteiger partial charge in [-0.3, -0.25) is 4.79 Å². The van der Waals surface area contributed by atoms with Crippen molar-refractivity contribution in [3.05, 3.63) is 64.8 Å². The van der Waals surface area contributed by atoms with Gasteiger partial charge in [0.15, 0.2) is 0 Å². The number of carbonyl (C=O) groups is 1. The van der Waals surface area contributed by atoms with Gasteiger partial charge in [-0.25, -0.2) is 4.98 Å². The number of benzene rings is 2. The van der Waals surface area contributed by atoms with Gasteiger partial charge in [-0.05, 0) is 37.6 Å². The van der Waals surface area contributed by atoms with Gasteiger partial charge in [-0.2, -0.15) is 9.78 Å². The molecule has 0 fully saturated rings. The summed E-state index contributed by atoms with van der Waals surface area (Å²) in [6.45, 7) is 4.06. The molecule has 5 rings (SSSR count). The molecule has 0 unspecified atom stereocenters. The van der Waals surface area contributed by atoms with E-state index >= 15 is 0 Å². The van der Waals surface area contributed by atoms with Crippen LogP contribution in [0.25, 0.3) is 15.3 Å². The third-order valence-electron chi connectivity index (χ3n) is 5.31. The van der Waals surface area contributed by atoms with Crippen molar-refractivity contribution in [2.75, 3.05) is 12.4 Å². The fourth-order valence-corrected chi connectivity index (χ4v) is 4.92. The maximum Gasteiger partial charge on any atom is 0.226 e. The second-order valence-corrected chi connectivity index (χ2v) is 8.32. The highest BCUT2D eigenvalue weighted by molar-refractivity contribution is 7.20. The van der Waals surface area contributed by atoms with Crippen molar-refractivity contribution in [3.8, 4) is 10.9 Å². The Kier molecular flexibility index (Phi) is 4.13. The highest BCUT2D eigenvalue weighted by Crippen LogP contribution is 2.41. The summed E-state index contributed by atoms with van der Waals surface area (Å²) >= 11 is 1.52. The summed E-state index contributed by atoms with van der Waals surface area (Å²) in [6, 6.07) is 14.1. The summed E-state index contributed by atoms with van der Waals surface area (Å²) in [5, 5.41) is 8.51. The smallest absolute Gasteiger partial charge is 0.226 e. The predicted molar refractivity (Wildman–Crippen MR) is 114 cm³/mol. The Hall–Kier alpha value is -3.19. The number of ether oxygens (including phenoxy) is 1. The number of fused-ring (bicyclic) bond motifs is 2. The van der Waals surface area contributed by atoms with Crippen LogP contribution in [0.3, 0.4) is 0 Å². The Morgan fingerprint density at radius 1 is 1.21 bits per heavy atom. The molecule has 146 valence electrons. The number of methoxy groups -OCH3 is 1. The number of nitrogens with zero attached hydrogens (tertiary/aromatic N) is 3. The fraction of sp³-hybridized carbons (Fsp3) is 0.227. The monoisotopic (exact) mass is 404 g/mol. The molecule has 6 nitrogen and oxygen atoms in total. The molecule has 1 atom stereocenters. The number of amides is 1. The van der Waals surface area contributed by atoms with Crippen LogP contribution in [-0.4, -0.2) is 27.8 Å². The van der Waals surface area contributed by atoms with Gasteiger partial charge in [0.05, 0.1) is 23.0 Å². The van der Waals surface area contributed by atoms with E-state index in [4.69, 9.17) is 14.8 Å². The summed E-state index contributed by atoms with van der Waals surface area (Å²) in [4.78, 5) is 17.3. The van der Waals surface area contributed by atoms with E-state index in [1.165, 1.54) is 16.9 Å². The normalized spacial score (nSPS) is 16.0. The Labute approximate surface area is 172 Å². The van der Waals surface area contributed by atoms with Crippen LogP contribution >= 0.6 is 11.3 Å². The van der Waals surface area contributed by atoms with Crippen LogP contribution in [0, 0.1) is 13.8 Å². The van der Waals surface area contributed by atoms with Crippen molar-refractivity contribution in [3.63, 3.8) is 0 Å². The lowest BCUT2D eigenvalue weighted by Crippen LogP contribution is -2.25. The molecular weight excluding hydrogens is 384 g/mol. The van der Waals surface area contributed by atoms with Crippen LogP contribution in [0.15, 0.2) is 42.5 Å². The number of carbonyl (C=O) groups excluding carboxylic acids is 1. The molecule has 1 N–H and O–H groups in total. The van der Waals surface area contributed by atoms with E-state index in [1.54, 1.807) is 11.8 Å². The second kappa shape index (κ2) is 6.70. The molecule has 1 aliphatic rings. The number of nitrogens with one attached hydrogen (secondary N) is 1. The van der Waals surface area contributed by atoms with E-state index in [1.807, 2.05) is 31.2 Å². The van der Waals surface area contributed by atoms with Crippen molar-refractivity contribution < 1.29 is 9.53 Å². The first-order valence-corrected chi connectivity index (χ1v) is 10.3. The quantitative estimate of drug-likeness (QED) is 0.543. The van der Waals surface area contributed by atoms with Gasteiger partial charge in [0, 0.05) is 17.9 Å². The van der Waals surface area contributed by atoms with Crippen LogP contribution in [0.4, 0.5) is 5.82 Å². The molecule has 0 bridgehead atoms. The molecule has 1 amide bonds. The average molecular weight is 404 g/mol. The first-order valence-electron chi connectivity index (χ1n) is 9.44. The Morgan fingerprint density at radius 2 is 2.07 bits per heavy atom. The number of hydrogen-bond acceptors (Lipinski definition) is 5. The summed E-state index contributed by atoms with van der Waals surface area (Å²) in [7, 11) is 1.65. The molecule has 29 heavy (non-hydrogen) atoms. The van der Waals surface area contributed by atoms with E-state index in [0.717, 1.165) is 43.7 Å². The molecule has 0 saturated heterocycles. The Morgan fingerprint density at radius 3 is 2.86 bits per heavy atom. The molecule has 7 heteroatoms. The highest BCUT2D eigenvalue weighted by atomic mass is 32.1. The topological polar surface area (TPSA) is 69.0 Å². The number of hydrogen-bond donors (Lipinski definition) is 1. The van der Waals surface area contributed by atoms with Crippen LogP contribution in [0.5, 0.6) is 5.75 Å². The lowest BCUT2D eigenvalue weighted by molar-refractivity contribution is -0.116. The average Bonchev–Trinajstić information content (AvgIpc) is 3.27. The maximum absolute atomic E-state index is 12.6. The minimum Gasteiger partial charge on any atom is -0.497 e. The van der Waals surface area contributed by atoms with E-state index in [2.05, 4.69) is 30.4 Å². The summed E-state index contributed by atoms with van der Waals surface area (Å²) < 4.78 is 8.10. The highest BCUT2D eigenvalue weighted by Gasteiger charge is 2.33. The van der Waals surface area contributed by atoms with Gasteiger partial charge in [0.2, 0.25) is 11.0 Å². The molecule has 0 saturated carbocycles. The van der Waals surface area contributed by atoms with Crippen molar-refractivity contribution >= 4 is 33.3 Å². The lowest BCUT2D eigenvalue weighted by Gasteiger charge is -2.24. The number of aromatic nitrogens is 3. The third-order valence-corrected chi connectivity index (χ3v) is 6.31. The van der Waals surface area contributed by atoms with Crippen molar-refractivity contribution in [1.29, 1.82) is 0 Å². The van der Waals surface area contributed by atoms with Crippen LogP contribution in [0.2, 0.25) is 0 Å². The zero-order valence-electron chi connectivity index (χ0n) is 16.4. The molecule has 0 radical (unpaired) electrons. The lowest BCUT2D eigenvalue weighted by atomic mass is 9.85. The standard InChI is InChI=1S/C22H20N4O2S/c1-12-5-4-6-14(9-12)16-11-19(27)24-21-20(16)13(2)25-26(21)22-23-17-8-7-15(28-3)10-18(17)29-22/h4-10,16H,11H2,1-3H3,(H,24,27)/t16-/m0/s1. The van der Waals surface area contributed by atoms with Gasteiger partial charge in [-0.15, -0.1) is 0 Å². The number of aryl methyl sites for hydroxylation is 2. The van der Waals surface area contributed by atoms with Gasteiger partial charge in [0.25, 0.3) is 0 Å². The van der Waals surface area contributed by atoms with Gasteiger partial charge in [-0.1, -0.05) is 41.2 Å². The molecule has 2 aromatic carbocycles. The zero-order valence-corrected chi connectivity index (χ0v) is 17.2. The van der Waals surface area contributed by atoms with Crippen molar-refractivity contribution in [2.45, 2.75) is 26.2 Å². The van der Waals surface area contributed by atoms with E-state index < -0.39 is 0 Å². The molecular formula is C22H20N4O2S. The summed E-state index contributed by atoms with van der Waals surface area (Å²) in [5.74, 6) is 1.49. The summed E-state index contributed by atoms with van der Waals surface area (Å²) in [5.41, 5.74) is 5.17. The number of thiazole rings is 1. The number of anilines is 1. The molecule has 4 aromatic rings. The zero-order chi connectivity index (χ0) is 20.1. The largest absolute Gasteiger partial charge is 0.497 e. The van der Waals surface area contributed by atoms with Gasteiger partial charge >= 0.3 is 0 Å². The van der Waals surface area contributed by atoms with E-state index in [0.29, 0.717) is 6.42 Å². The molecule has 3 heterocycles. The molecule has 2 aromatic heterocycles. The van der Waals surface area contributed by atoms with Crippen molar-refractivity contribution in [2.24, 2.45) is 0 Å². The number of rotatable bonds is 3. The predicted octanol–water partition coefficient (Wildman–Crippen LogP) is 4.58. The van der Waals surface area contributed by atoms with E-state index in [-0.39, 0.29) is 11.8 Å². The van der Waals surface area contributed by atoms with Crippen LogP contribution in [-0.2, 0) is 4.79 Å². The van der Waals surface area contributed by atoms with Gasteiger partial charge in [0.1, 0.15) is 11.6 Å². The third kappa shape index (κ3) is 2.98. The molecule has 0 spiro atoms. The Bertz CT molecular complexity index is 1260. The van der Waals surface area contributed by atoms with Crippen LogP contribution in [0.1, 0.15) is 34.7 Å². The second-order valence-electron chi connectivity index (χ2n) is 7.31. The van der Waals surface area contributed by atoms with Crippen molar-refractivity contribution in [1.82, 2.24) is 14.8 Å². The minimum atomic E-state index is -0.0122. The maximum atomic E-state index is 12.6. The Balaban J connectivity index is 1.66. The SMILES string of the molecule is COc1ccc2nc(-n3nc(C)c4c3NC(=O)C[C@H]4c3cccc(C)c3)sc2c1. The fourth-order valence-electron chi connectivity index (χ4n) is 3.97. The summed E-state index contributed by atoms with van der Waals surface area (Å²) in [6.07, 6.45) is 0.417.